The maximum absolute atomic E-state index is 4.84. The van der Waals surface area contributed by atoms with Gasteiger partial charge in [-0.3, -0.25) is 4.90 Å². The Hall–Kier alpha value is -1.13. The highest BCUT2D eigenvalue weighted by molar-refractivity contribution is 14.0. The molecule has 1 fully saturated rings. The average Bonchev–Trinajstić information content (AvgIpc) is 2.72. The highest BCUT2D eigenvalue weighted by atomic mass is 127. The number of nitrogens with one attached hydrogen (secondary N) is 2. The quantitative estimate of drug-likeness (QED) is 0.204. The Morgan fingerprint density at radius 3 is 2.42 bits per heavy atom. The molecule has 1 aliphatic heterocycles. The molecular formula is C23H44IN7. The number of guanidine groups is 1. The number of aromatic nitrogens is 1. The van der Waals surface area contributed by atoms with Gasteiger partial charge in [-0.2, -0.15) is 0 Å². The van der Waals surface area contributed by atoms with E-state index in [0.717, 1.165) is 64.0 Å². The van der Waals surface area contributed by atoms with Crippen LogP contribution in [0.3, 0.4) is 0 Å². The minimum absolute atomic E-state index is 0. The first kappa shape index (κ1) is 27.9. The van der Waals surface area contributed by atoms with Gasteiger partial charge in [0.25, 0.3) is 0 Å². The molecule has 2 heterocycles. The van der Waals surface area contributed by atoms with Crippen molar-refractivity contribution in [3.05, 3.63) is 23.9 Å². The molecule has 0 spiro atoms. The molecule has 0 amide bonds. The van der Waals surface area contributed by atoms with Crippen LogP contribution in [0.25, 0.3) is 0 Å². The van der Waals surface area contributed by atoms with E-state index in [9.17, 15) is 0 Å². The van der Waals surface area contributed by atoms with Crippen LogP contribution in [0.1, 0.15) is 46.6 Å². The summed E-state index contributed by atoms with van der Waals surface area (Å²) in [5.74, 6) is 1.96. The van der Waals surface area contributed by atoms with Crippen LogP contribution < -0.4 is 15.5 Å². The fraction of sp³-hybridized carbons (Fsp3) is 0.739. The molecule has 0 aromatic carbocycles. The van der Waals surface area contributed by atoms with Gasteiger partial charge < -0.3 is 20.4 Å². The van der Waals surface area contributed by atoms with Gasteiger partial charge in [-0.1, -0.05) is 6.07 Å². The molecule has 0 atom stereocenters. The summed E-state index contributed by atoms with van der Waals surface area (Å²) in [7, 11) is 2.18. The summed E-state index contributed by atoms with van der Waals surface area (Å²) in [6, 6.07) is 5.31. The van der Waals surface area contributed by atoms with Crippen molar-refractivity contribution in [1.29, 1.82) is 0 Å². The van der Waals surface area contributed by atoms with E-state index in [1.54, 1.807) is 0 Å². The van der Waals surface area contributed by atoms with Crippen molar-refractivity contribution in [2.45, 2.75) is 59.7 Å². The molecular weight excluding hydrogens is 501 g/mol. The van der Waals surface area contributed by atoms with Crippen molar-refractivity contribution < 1.29 is 0 Å². The number of halogens is 1. The highest BCUT2D eigenvalue weighted by Crippen LogP contribution is 2.19. The van der Waals surface area contributed by atoms with E-state index in [1.807, 2.05) is 12.3 Å². The number of anilines is 1. The third-order valence-corrected chi connectivity index (χ3v) is 5.63. The molecule has 2 N–H and O–H groups in total. The number of nitrogens with zero attached hydrogens (tertiary/aromatic N) is 5. The lowest BCUT2D eigenvalue weighted by atomic mass is 10.2. The first-order chi connectivity index (χ1) is 14.4. The maximum atomic E-state index is 4.84. The van der Waals surface area contributed by atoms with E-state index in [0.29, 0.717) is 18.6 Å². The number of piperazine rings is 1. The lowest BCUT2D eigenvalue weighted by Crippen LogP contribution is -2.45. The summed E-state index contributed by atoms with van der Waals surface area (Å²) in [6.45, 7) is 18.9. The number of hydrogen-bond donors (Lipinski definition) is 2. The molecule has 0 radical (unpaired) electrons. The van der Waals surface area contributed by atoms with Gasteiger partial charge in [-0.25, -0.2) is 9.98 Å². The molecule has 1 aliphatic rings. The Bertz CT molecular complexity index is 635. The van der Waals surface area contributed by atoms with Crippen LogP contribution in [0.4, 0.5) is 5.82 Å². The number of likely N-dealkylation sites (N-methyl/N-ethyl adjacent to an activating group) is 1. The second kappa shape index (κ2) is 14.8. The van der Waals surface area contributed by atoms with E-state index in [4.69, 9.17) is 4.99 Å². The van der Waals surface area contributed by atoms with Crippen molar-refractivity contribution in [2.75, 3.05) is 57.8 Å². The van der Waals surface area contributed by atoms with Gasteiger partial charge in [0, 0.05) is 69.7 Å². The monoisotopic (exact) mass is 545 g/mol. The van der Waals surface area contributed by atoms with Gasteiger partial charge in [0.15, 0.2) is 5.96 Å². The number of aliphatic imine (C=N–C) groups is 1. The summed E-state index contributed by atoms with van der Waals surface area (Å²) in [4.78, 5) is 16.8. The Morgan fingerprint density at radius 1 is 1.13 bits per heavy atom. The van der Waals surface area contributed by atoms with Crippen LogP contribution >= 0.6 is 24.0 Å². The van der Waals surface area contributed by atoms with Crippen molar-refractivity contribution in [1.82, 2.24) is 25.4 Å². The predicted molar refractivity (Wildman–Crippen MR) is 144 cm³/mol. The highest BCUT2D eigenvalue weighted by Gasteiger charge is 2.18. The van der Waals surface area contributed by atoms with E-state index < -0.39 is 0 Å². The van der Waals surface area contributed by atoms with Gasteiger partial charge in [-0.15, -0.1) is 24.0 Å². The molecule has 0 aliphatic carbocycles. The van der Waals surface area contributed by atoms with Crippen LogP contribution in [0.15, 0.2) is 23.3 Å². The van der Waals surface area contributed by atoms with Crippen molar-refractivity contribution in [2.24, 2.45) is 4.99 Å². The Labute approximate surface area is 207 Å². The average molecular weight is 546 g/mol. The molecule has 31 heavy (non-hydrogen) atoms. The summed E-state index contributed by atoms with van der Waals surface area (Å²) in [6.07, 6.45) is 2.99. The topological polar surface area (TPSA) is 59.0 Å². The zero-order valence-electron chi connectivity index (χ0n) is 20.4. The second-order valence-electron chi connectivity index (χ2n) is 8.68. The molecule has 8 heteroatoms. The van der Waals surface area contributed by atoms with Gasteiger partial charge in [-0.05, 0) is 54.2 Å². The minimum atomic E-state index is 0. The Balaban J connectivity index is 0.00000480. The Kier molecular flexibility index (Phi) is 13.4. The molecule has 178 valence electrons. The lowest BCUT2D eigenvalue weighted by Gasteiger charge is -2.34. The molecule has 7 nitrogen and oxygen atoms in total. The third kappa shape index (κ3) is 9.49. The molecule has 2 rings (SSSR count). The molecule has 0 bridgehead atoms. The third-order valence-electron chi connectivity index (χ3n) is 5.63. The van der Waals surface area contributed by atoms with E-state index in [-0.39, 0.29) is 24.0 Å². The van der Waals surface area contributed by atoms with Crippen LogP contribution in [0.5, 0.6) is 0 Å². The van der Waals surface area contributed by atoms with Gasteiger partial charge in [0.1, 0.15) is 5.82 Å². The van der Waals surface area contributed by atoms with Crippen LogP contribution in [-0.2, 0) is 6.54 Å². The minimum Gasteiger partial charge on any atom is -0.357 e. The number of pyridine rings is 1. The van der Waals surface area contributed by atoms with Crippen molar-refractivity contribution in [3.63, 3.8) is 0 Å². The molecule has 1 aromatic heterocycles. The van der Waals surface area contributed by atoms with Crippen molar-refractivity contribution in [3.8, 4) is 0 Å². The molecule has 0 saturated carbocycles. The fourth-order valence-corrected chi connectivity index (χ4v) is 3.94. The smallest absolute Gasteiger partial charge is 0.191 e. The SMILES string of the molecule is CCNC(=NCc1cccnc1N1CCN(C)CC1)NCCCN(C(C)C)C(C)C.I. The first-order valence-electron chi connectivity index (χ1n) is 11.6. The van der Waals surface area contributed by atoms with Gasteiger partial charge in [0.2, 0.25) is 0 Å². The lowest BCUT2D eigenvalue weighted by molar-refractivity contribution is 0.173. The summed E-state index contributed by atoms with van der Waals surface area (Å²) in [5, 5.41) is 6.88. The van der Waals surface area contributed by atoms with Crippen LogP contribution in [0, 0.1) is 0 Å². The summed E-state index contributed by atoms with van der Waals surface area (Å²) < 4.78 is 0. The van der Waals surface area contributed by atoms with E-state index in [2.05, 4.69) is 78.1 Å². The number of rotatable bonds is 10. The molecule has 1 aromatic rings. The standard InChI is InChI=1S/C23H43N7.HI/c1-7-24-23(26-12-9-13-30(19(2)3)20(4)5)27-18-21-10-8-11-25-22(21)29-16-14-28(6)15-17-29;/h8,10-11,19-20H,7,9,12-18H2,1-6H3,(H2,24,26,27);1H. The van der Waals surface area contributed by atoms with Gasteiger partial charge >= 0.3 is 0 Å². The first-order valence-corrected chi connectivity index (χ1v) is 11.6. The predicted octanol–water partition coefficient (Wildman–Crippen LogP) is 3.02. The molecule has 1 saturated heterocycles. The second-order valence-corrected chi connectivity index (χ2v) is 8.68. The van der Waals surface area contributed by atoms with Crippen LogP contribution in [0.2, 0.25) is 0 Å². The molecule has 0 unspecified atom stereocenters. The van der Waals surface area contributed by atoms with Crippen LogP contribution in [-0.4, -0.2) is 85.7 Å². The summed E-state index contributed by atoms with van der Waals surface area (Å²) in [5.41, 5.74) is 1.19. The van der Waals surface area contributed by atoms with E-state index >= 15 is 0 Å². The summed E-state index contributed by atoms with van der Waals surface area (Å²) >= 11 is 0. The maximum Gasteiger partial charge on any atom is 0.191 e. The number of hydrogen-bond acceptors (Lipinski definition) is 5. The van der Waals surface area contributed by atoms with Crippen molar-refractivity contribution >= 4 is 35.8 Å². The zero-order chi connectivity index (χ0) is 21.9. The fourth-order valence-electron chi connectivity index (χ4n) is 3.94. The zero-order valence-corrected chi connectivity index (χ0v) is 22.7. The normalized spacial score (nSPS) is 15.5. The van der Waals surface area contributed by atoms with E-state index in [1.165, 1.54) is 5.56 Å². The van der Waals surface area contributed by atoms with Gasteiger partial charge in [0.05, 0.1) is 6.54 Å². The largest absolute Gasteiger partial charge is 0.357 e. The Morgan fingerprint density at radius 2 is 1.81 bits per heavy atom.